The highest BCUT2D eigenvalue weighted by Gasteiger charge is 2.44. The van der Waals surface area contributed by atoms with Gasteiger partial charge in [0.05, 0.1) is 26.0 Å². The SMILES string of the molecule is CCOC(=O)C1CCC(C(=O)OCC)N1c1ccccc1OC. The molecule has 0 N–H and O–H groups in total. The summed E-state index contributed by atoms with van der Waals surface area (Å²) in [6.07, 6.45) is 1.08. The number of nitrogens with zero attached hydrogens (tertiary/aromatic N) is 1. The predicted octanol–water partition coefficient (Wildman–Crippen LogP) is 2.16. The number of para-hydroxylation sites is 2. The van der Waals surface area contributed by atoms with Crippen LogP contribution in [-0.2, 0) is 19.1 Å². The van der Waals surface area contributed by atoms with Crippen molar-refractivity contribution in [3.63, 3.8) is 0 Å². The van der Waals surface area contributed by atoms with Crippen LogP contribution in [0.1, 0.15) is 26.7 Å². The molecule has 1 fully saturated rings. The van der Waals surface area contributed by atoms with Crippen LogP contribution in [0.5, 0.6) is 5.75 Å². The lowest BCUT2D eigenvalue weighted by atomic mass is 10.2. The average Bonchev–Trinajstić information content (AvgIpc) is 3.00. The summed E-state index contributed by atoms with van der Waals surface area (Å²) in [6, 6.07) is 6.31. The van der Waals surface area contributed by atoms with Gasteiger partial charge >= 0.3 is 11.9 Å². The van der Waals surface area contributed by atoms with Crippen molar-refractivity contribution < 1.29 is 23.8 Å². The third kappa shape index (κ3) is 3.57. The second-order valence-electron chi connectivity index (χ2n) is 5.19. The predicted molar refractivity (Wildman–Crippen MR) is 85.5 cm³/mol. The number of carbonyl (C=O) groups excluding carboxylic acids is 2. The summed E-state index contributed by atoms with van der Waals surface area (Å²) in [7, 11) is 1.56. The molecular formula is C17H23NO5. The lowest BCUT2D eigenvalue weighted by Crippen LogP contribution is -2.45. The lowest BCUT2D eigenvalue weighted by Gasteiger charge is -2.31. The molecule has 0 spiro atoms. The van der Waals surface area contributed by atoms with E-state index < -0.39 is 12.1 Å². The molecule has 2 rings (SSSR count). The second-order valence-corrected chi connectivity index (χ2v) is 5.19. The summed E-state index contributed by atoms with van der Waals surface area (Å²) in [4.78, 5) is 26.4. The maximum absolute atomic E-state index is 12.3. The molecule has 0 aliphatic carbocycles. The number of benzene rings is 1. The van der Waals surface area contributed by atoms with Crippen molar-refractivity contribution in [2.24, 2.45) is 0 Å². The van der Waals surface area contributed by atoms with Crippen molar-refractivity contribution in [3.8, 4) is 5.75 Å². The highest BCUT2D eigenvalue weighted by molar-refractivity contribution is 5.89. The zero-order chi connectivity index (χ0) is 16.8. The van der Waals surface area contributed by atoms with Crippen LogP contribution in [0.4, 0.5) is 5.69 Å². The van der Waals surface area contributed by atoms with Crippen LogP contribution in [0, 0.1) is 0 Å². The van der Waals surface area contributed by atoms with Crippen LogP contribution in [0.15, 0.2) is 24.3 Å². The van der Waals surface area contributed by atoms with Crippen molar-refractivity contribution in [2.75, 3.05) is 25.2 Å². The van der Waals surface area contributed by atoms with E-state index in [1.807, 2.05) is 18.2 Å². The van der Waals surface area contributed by atoms with Gasteiger partial charge in [-0.3, -0.25) is 0 Å². The Morgan fingerprint density at radius 2 is 1.57 bits per heavy atom. The molecule has 2 unspecified atom stereocenters. The number of hydrogen-bond acceptors (Lipinski definition) is 6. The molecule has 0 bridgehead atoms. The highest BCUT2D eigenvalue weighted by Crippen LogP contribution is 2.37. The molecule has 1 aliphatic rings. The lowest BCUT2D eigenvalue weighted by molar-refractivity contribution is -0.145. The summed E-state index contributed by atoms with van der Waals surface area (Å²) < 4.78 is 15.7. The molecule has 1 aliphatic heterocycles. The first-order valence-electron chi connectivity index (χ1n) is 7.88. The van der Waals surface area contributed by atoms with Crippen molar-refractivity contribution in [1.82, 2.24) is 0 Å². The number of esters is 2. The molecule has 0 amide bonds. The van der Waals surface area contributed by atoms with E-state index in [-0.39, 0.29) is 11.9 Å². The summed E-state index contributed by atoms with van der Waals surface area (Å²) >= 11 is 0. The number of anilines is 1. The minimum absolute atomic E-state index is 0.305. The van der Waals surface area contributed by atoms with E-state index in [4.69, 9.17) is 14.2 Å². The molecule has 1 aromatic rings. The minimum atomic E-state index is -0.513. The Labute approximate surface area is 136 Å². The zero-order valence-electron chi connectivity index (χ0n) is 13.8. The Hall–Kier alpha value is -2.24. The van der Waals surface area contributed by atoms with E-state index in [9.17, 15) is 9.59 Å². The van der Waals surface area contributed by atoms with E-state index in [0.717, 1.165) is 0 Å². The number of hydrogen-bond donors (Lipinski definition) is 0. The van der Waals surface area contributed by atoms with E-state index >= 15 is 0 Å². The van der Waals surface area contributed by atoms with Gasteiger partial charge in [-0.25, -0.2) is 9.59 Å². The highest BCUT2D eigenvalue weighted by atomic mass is 16.5. The smallest absolute Gasteiger partial charge is 0.328 e. The first-order chi connectivity index (χ1) is 11.1. The van der Waals surface area contributed by atoms with Crippen LogP contribution < -0.4 is 9.64 Å². The standard InChI is InChI=1S/C17H23NO5/c1-4-22-16(19)13-10-11-14(17(20)23-5-2)18(13)12-8-6-7-9-15(12)21-3/h6-9,13-14H,4-5,10-11H2,1-3H3. The van der Waals surface area contributed by atoms with Gasteiger partial charge in [-0.05, 0) is 38.8 Å². The van der Waals surface area contributed by atoms with E-state index in [1.165, 1.54) is 0 Å². The fourth-order valence-corrected chi connectivity index (χ4v) is 2.93. The van der Waals surface area contributed by atoms with Crippen LogP contribution in [0.3, 0.4) is 0 Å². The molecule has 1 saturated heterocycles. The van der Waals surface area contributed by atoms with Gasteiger partial charge in [-0.2, -0.15) is 0 Å². The first-order valence-corrected chi connectivity index (χ1v) is 7.88. The molecule has 6 nitrogen and oxygen atoms in total. The fourth-order valence-electron chi connectivity index (χ4n) is 2.93. The minimum Gasteiger partial charge on any atom is -0.495 e. The Morgan fingerprint density at radius 1 is 1.04 bits per heavy atom. The molecule has 126 valence electrons. The Bertz CT molecular complexity index is 534. The number of carbonyl (C=O) groups is 2. The maximum Gasteiger partial charge on any atom is 0.328 e. The van der Waals surface area contributed by atoms with E-state index in [0.29, 0.717) is 37.5 Å². The van der Waals surface area contributed by atoms with Gasteiger partial charge in [0, 0.05) is 0 Å². The van der Waals surface area contributed by atoms with Gasteiger partial charge in [0.1, 0.15) is 17.8 Å². The molecule has 23 heavy (non-hydrogen) atoms. The van der Waals surface area contributed by atoms with Gasteiger partial charge in [-0.15, -0.1) is 0 Å². The topological polar surface area (TPSA) is 65.1 Å². The molecule has 6 heteroatoms. The van der Waals surface area contributed by atoms with Gasteiger partial charge in [0.2, 0.25) is 0 Å². The third-order valence-corrected chi connectivity index (χ3v) is 3.87. The van der Waals surface area contributed by atoms with Crippen molar-refractivity contribution in [2.45, 2.75) is 38.8 Å². The van der Waals surface area contributed by atoms with E-state index in [2.05, 4.69) is 0 Å². The van der Waals surface area contributed by atoms with Crippen molar-refractivity contribution in [1.29, 1.82) is 0 Å². The van der Waals surface area contributed by atoms with Crippen LogP contribution in [0.25, 0.3) is 0 Å². The molecule has 1 aromatic carbocycles. The fraction of sp³-hybridized carbons (Fsp3) is 0.529. The number of methoxy groups -OCH3 is 1. The zero-order valence-corrected chi connectivity index (χ0v) is 13.8. The summed E-state index contributed by atoms with van der Waals surface area (Å²) in [5.74, 6) is -0.0478. The van der Waals surface area contributed by atoms with Crippen LogP contribution in [-0.4, -0.2) is 44.3 Å². The van der Waals surface area contributed by atoms with Crippen LogP contribution in [0.2, 0.25) is 0 Å². The monoisotopic (exact) mass is 321 g/mol. The molecule has 0 aromatic heterocycles. The Morgan fingerprint density at radius 3 is 2.04 bits per heavy atom. The second kappa shape index (κ2) is 7.85. The number of rotatable bonds is 6. The van der Waals surface area contributed by atoms with Gasteiger partial charge < -0.3 is 19.1 Å². The largest absolute Gasteiger partial charge is 0.495 e. The molecule has 2 atom stereocenters. The summed E-state index contributed by atoms with van der Waals surface area (Å²) in [5.41, 5.74) is 0.698. The Balaban J connectivity index is 2.39. The normalized spacial score (nSPS) is 20.2. The van der Waals surface area contributed by atoms with Crippen molar-refractivity contribution in [3.05, 3.63) is 24.3 Å². The van der Waals surface area contributed by atoms with Crippen LogP contribution >= 0.6 is 0 Å². The van der Waals surface area contributed by atoms with Gasteiger partial charge in [-0.1, -0.05) is 12.1 Å². The van der Waals surface area contributed by atoms with E-state index in [1.54, 1.807) is 31.9 Å². The quantitative estimate of drug-likeness (QED) is 0.748. The molecule has 0 radical (unpaired) electrons. The molecular weight excluding hydrogens is 298 g/mol. The molecule has 0 saturated carbocycles. The summed E-state index contributed by atoms with van der Waals surface area (Å²) in [5, 5.41) is 0. The van der Waals surface area contributed by atoms with Crippen molar-refractivity contribution >= 4 is 17.6 Å². The maximum atomic E-state index is 12.3. The Kier molecular flexibility index (Phi) is 5.84. The third-order valence-electron chi connectivity index (χ3n) is 3.87. The van der Waals surface area contributed by atoms with Gasteiger partial charge in [0.25, 0.3) is 0 Å². The van der Waals surface area contributed by atoms with Gasteiger partial charge in [0.15, 0.2) is 0 Å². The first kappa shape index (κ1) is 17.1. The summed E-state index contributed by atoms with van der Waals surface area (Å²) in [6.45, 7) is 4.14. The molecule has 1 heterocycles. The number of ether oxygens (including phenoxy) is 3. The average molecular weight is 321 g/mol.